The van der Waals surface area contributed by atoms with Gasteiger partial charge in [0.05, 0.1) is 12.1 Å². The number of nitrogens with zero attached hydrogens (tertiary/aromatic N) is 3. The number of fused-ring (bicyclic) bond motifs is 1. The summed E-state index contributed by atoms with van der Waals surface area (Å²) < 4.78 is 1.23. The summed E-state index contributed by atoms with van der Waals surface area (Å²) in [6.45, 7) is -0.596. The summed E-state index contributed by atoms with van der Waals surface area (Å²) in [6.07, 6.45) is 0. The molecule has 0 saturated carbocycles. The number of hydrogen-bond acceptors (Lipinski definition) is 6. The molecule has 9 heteroatoms. The zero-order valence-corrected chi connectivity index (χ0v) is 14.4. The average Bonchev–Trinajstić information content (AvgIpc) is 2.69. The van der Waals surface area contributed by atoms with E-state index in [-0.39, 0.29) is 23.1 Å². The van der Waals surface area contributed by atoms with Gasteiger partial charge in [-0.15, -0.1) is 0 Å². The Morgan fingerprint density at radius 1 is 1.18 bits per heavy atom. The minimum absolute atomic E-state index is 0.0246. The van der Waals surface area contributed by atoms with Crippen molar-refractivity contribution in [2.45, 2.75) is 6.54 Å². The molecule has 0 bridgehead atoms. The van der Waals surface area contributed by atoms with Crippen molar-refractivity contribution in [3.8, 4) is 11.8 Å². The zero-order chi connectivity index (χ0) is 20.3. The normalized spacial score (nSPS) is 10.4. The number of hydrogen-bond donors (Lipinski definition) is 3. The molecular formula is C19H14N4O5. The molecule has 0 aliphatic carbocycles. The van der Waals surface area contributed by atoms with Crippen LogP contribution in [0.5, 0.6) is 5.75 Å². The van der Waals surface area contributed by atoms with Crippen LogP contribution in [0.3, 0.4) is 0 Å². The summed E-state index contributed by atoms with van der Waals surface area (Å²) in [7, 11) is 0. The van der Waals surface area contributed by atoms with Crippen LogP contribution in [0.1, 0.15) is 21.7 Å². The first-order chi connectivity index (χ1) is 13.4. The van der Waals surface area contributed by atoms with E-state index < -0.39 is 35.4 Å². The number of aliphatic carboxylic acids is 1. The molecule has 3 N–H and O–H groups in total. The first-order valence-electron chi connectivity index (χ1n) is 8.13. The molecular weight excluding hydrogens is 364 g/mol. The van der Waals surface area contributed by atoms with Gasteiger partial charge in [0.25, 0.3) is 11.5 Å². The van der Waals surface area contributed by atoms with E-state index in [1.165, 1.54) is 16.7 Å². The molecule has 1 amide bonds. The number of rotatable bonds is 5. The number of nitriles is 1. The van der Waals surface area contributed by atoms with E-state index in [9.17, 15) is 24.8 Å². The second kappa shape index (κ2) is 7.59. The molecule has 140 valence electrons. The van der Waals surface area contributed by atoms with Crippen LogP contribution < -0.4 is 10.9 Å². The molecule has 0 saturated heterocycles. The fraction of sp³-hybridized carbons (Fsp3) is 0.105. The first kappa shape index (κ1) is 18.6. The third kappa shape index (κ3) is 3.52. The highest BCUT2D eigenvalue weighted by Gasteiger charge is 2.22. The van der Waals surface area contributed by atoms with Crippen molar-refractivity contribution in [2.24, 2.45) is 0 Å². The van der Waals surface area contributed by atoms with Gasteiger partial charge in [-0.2, -0.15) is 5.26 Å². The van der Waals surface area contributed by atoms with Gasteiger partial charge in [-0.05, 0) is 11.6 Å². The Hall–Kier alpha value is -4.19. The van der Waals surface area contributed by atoms with E-state index >= 15 is 0 Å². The van der Waals surface area contributed by atoms with E-state index in [1.807, 2.05) is 12.1 Å². The topological polar surface area (TPSA) is 145 Å². The molecule has 2 aromatic heterocycles. The Morgan fingerprint density at radius 2 is 1.89 bits per heavy atom. The van der Waals surface area contributed by atoms with Crippen molar-refractivity contribution in [1.82, 2.24) is 14.9 Å². The van der Waals surface area contributed by atoms with Crippen LogP contribution in [0.15, 0.2) is 47.3 Å². The van der Waals surface area contributed by atoms with Gasteiger partial charge in [-0.1, -0.05) is 30.3 Å². The molecule has 1 aromatic carbocycles. The number of nitrogens with one attached hydrogen (secondary N) is 1. The number of benzene rings is 1. The van der Waals surface area contributed by atoms with Crippen LogP contribution in [0.2, 0.25) is 0 Å². The van der Waals surface area contributed by atoms with E-state index in [0.717, 1.165) is 5.56 Å². The van der Waals surface area contributed by atoms with Crippen LogP contribution in [-0.2, 0) is 11.3 Å². The standard InChI is InChI=1S/C19H14N4O5/c20-8-13-12-6-7-14(24)23(10-11-4-2-1-3-5-11)17(12)18(27)16(22-13)19(28)21-9-15(25)26/h1-7,27H,9-10H2,(H,21,28)(H,25,26). The lowest BCUT2D eigenvalue weighted by molar-refractivity contribution is -0.135. The average molecular weight is 378 g/mol. The smallest absolute Gasteiger partial charge is 0.322 e. The lowest BCUT2D eigenvalue weighted by atomic mass is 10.1. The van der Waals surface area contributed by atoms with Crippen molar-refractivity contribution in [2.75, 3.05) is 6.54 Å². The number of aromatic hydroxyl groups is 1. The van der Waals surface area contributed by atoms with Crippen LogP contribution in [0.25, 0.3) is 10.9 Å². The predicted molar refractivity (Wildman–Crippen MR) is 97.9 cm³/mol. The summed E-state index contributed by atoms with van der Waals surface area (Å²) in [5, 5.41) is 31.0. The third-order valence-electron chi connectivity index (χ3n) is 4.02. The second-order valence-electron chi connectivity index (χ2n) is 5.85. The van der Waals surface area contributed by atoms with Gasteiger partial charge < -0.3 is 20.1 Å². The monoisotopic (exact) mass is 378 g/mol. The number of pyridine rings is 2. The van der Waals surface area contributed by atoms with E-state index in [4.69, 9.17) is 5.11 Å². The number of carboxylic acid groups (broad SMARTS) is 1. The summed E-state index contributed by atoms with van der Waals surface area (Å²) in [4.78, 5) is 39.2. The minimum Gasteiger partial charge on any atom is -0.504 e. The van der Waals surface area contributed by atoms with Crippen molar-refractivity contribution in [1.29, 1.82) is 5.26 Å². The Bertz CT molecular complexity index is 1180. The van der Waals surface area contributed by atoms with Crippen LogP contribution >= 0.6 is 0 Å². The Morgan fingerprint density at radius 3 is 2.54 bits per heavy atom. The molecule has 0 atom stereocenters. The molecule has 0 aliphatic rings. The zero-order valence-electron chi connectivity index (χ0n) is 14.4. The summed E-state index contributed by atoms with van der Waals surface area (Å²) >= 11 is 0. The van der Waals surface area contributed by atoms with E-state index in [2.05, 4.69) is 10.3 Å². The van der Waals surface area contributed by atoms with Crippen LogP contribution in [-0.4, -0.2) is 38.2 Å². The van der Waals surface area contributed by atoms with Crippen molar-refractivity contribution >= 4 is 22.8 Å². The van der Waals surface area contributed by atoms with Crippen LogP contribution in [0.4, 0.5) is 0 Å². The first-order valence-corrected chi connectivity index (χ1v) is 8.13. The summed E-state index contributed by atoms with van der Waals surface area (Å²) in [5.74, 6) is -2.86. The van der Waals surface area contributed by atoms with Gasteiger partial charge in [-0.3, -0.25) is 14.4 Å². The van der Waals surface area contributed by atoms with Gasteiger partial charge in [0.15, 0.2) is 17.1 Å². The quantitative estimate of drug-likeness (QED) is 0.596. The molecule has 2 heterocycles. The number of aromatic nitrogens is 2. The Kier molecular flexibility index (Phi) is 5.04. The van der Waals surface area contributed by atoms with Crippen molar-refractivity contribution < 1.29 is 19.8 Å². The lowest BCUT2D eigenvalue weighted by Gasteiger charge is -2.14. The highest BCUT2D eigenvalue weighted by atomic mass is 16.4. The molecule has 0 radical (unpaired) electrons. The predicted octanol–water partition coefficient (Wildman–Crippen LogP) is 0.836. The fourth-order valence-corrected chi connectivity index (χ4v) is 2.77. The Balaban J connectivity index is 2.23. The maximum Gasteiger partial charge on any atom is 0.322 e. The van der Waals surface area contributed by atoms with E-state index in [1.54, 1.807) is 24.3 Å². The number of amides is 1. The molecule has 0 spiro atoms. The molecule has 9 nitrogen and oxygen atoms in total. The fourth-order valence-electron chi connectivity index (χ4n) is 2.77. The number of carbonyl (C=O) groups is 2. The molecule has 3 rings (SSSR count). The highest BCUT2D eigenvalue weighted by molar-refractivity contribution is 6.02. The van der Waals surface area contributed by atoms with Gasteiger partial charge in [0.2, 0.25) is 0 Å². The van der Waals surface area contributed by atoms with Crippen molar-refractivity contribution in [3.63, 3.8) is 0 Å². The van der Waals surface area contributed by atoms with Gasteiger partial charge in [0.1, 0.15) is 12.6 Å². The van der Waals surface area contributed by atoms with Crippen LogP contribution in [0, 0.1) is 11.3 Å². The SMILES string of the molecule is N#Cc1nc(C(=O)NCC(=O)O)c(O)c2c1ccc(=O)n2Cc1ccccc1. The molecule has 0 fully saturated rings. The Labute approximate surface area is 158 Å². The maximum atomic E-state index is 12.5. The molecule has 3 aromatic rings. The highest BCUT2D eigenvalue weighted by Crippen LogP contribution is 2.29. The summed E-state index contributed by atoms with van der Waals surface area (Å²) in [6, 6.07) is 13.4. The van der Waals surface area contributed by atoms with E-state index in [0.29, 0.717) is 0 Å². The minimum atomic E-state index is -1.28. The van der Waals surface area contributed by atoms with Gasteiger partial charge >= 0.3 is 5.97 Å². The number of carboxylic acids is 1. The lowest BCUT2D eigenvalue weighted by Crippen LogP contribution is -2.30. The molecule has 0 unspecified atom stereocenters. The maximum absolute atomic E-state index is 12.5. The second-order valence-corrected chi connectivity index (χ2v) is 5.85. The van der Waals surface area contributed by atoms with Gasteiger partial charge in [0, 0.05) is 11.5 Å². The molecule has 0 aliphatic heterocycles. The van der Waals surface area contributed by atoms with Gasteiger partial charge in [-0.25, -0.2) is 4.98 Å². The largest absolute Gasteiger partial charge is 0.504 e. The summed E-state index contributed by atoms with van der Waals surface area (Å²) in [5.41, 5.74) is -0.404. The number of carbonyl (C=O) groups excluding carboxylic acids is 1. The third-order valence-corrected chi connectivity index (χ3v) is 4.02. The van der Waals surface area contributed by atoms with Crippen molar-refractivity contribution in [3.05, 3.63) is 69.8 Å². The molecule has 28 heavy (non-hydrogen) atoms.